The molecule has 2 fully saturated rings. The monoisotopic (exact) mass is 1030 g/mol. The van der Waals surface area contributed by atoms with Gasteiger partial charge >= 0.3 is 0 Å². The fourth-order valence-corrected chi connectivity index (χ4v) is 13.6. The van der Waals surface area contributed by atoms with Crippen molar-refractivity contribution >= 4 is 89.8 Å². The number of β-amino-alcohol motifs (C(OH)–C–C–N with tert-alkyl or cyclic N) is 2. The molecule has 70 heavy (non-hydrogen) atoms. The maximum Gasteiger partial charge on any atom is 0.246 e. The number of aliphatic hydroxyl groups is 2. The summed E-state index contributed by atoms with van der Waals surface area (Å²) in [5, 5.41) is 27.4. The van der Waals surface area contributed by atoms with Crippen molar-refractivity contribution in [1.29, 1.82) is 0 Å². The Morgan fingerprint density at radius 2 is 1.19 bits per heavy atom. The number of Topliss-reactive ketones (excluding diaryl/α,β-unsaturated/α-hetero) is 2. The molecule has 2 aromatic carbocycles. The van der Waals surface area contributed by atoms with Gasteiger partial charge in [-0.1, -0.05) is 85.7 Å². The Labute approximate surface area is 427 Å². The summed E-state index contributed by atoms with van der Waals surface area (Å²) in [4.78, 5) is 98.0. The van der Waals surface area contributed by atoms with E-state index >= 15 is 0 Å². The lowest BCUT2D eigenvalue weighted by Gasteiger charge is -2.29. The van der Waals surface area contributed by atoms with Crippen LogP contribution in [0.25, 0.3) is 10.4 Å². The van der Waals surface area contributed by atoms with E-state index in [0.717, 1.165) is 38.0 Å². The van der Waals surface area contributed by atoms with E-state index in [1.807, 2.05) is 89.7 Å². The van der Waals surface area contributed by atoms with Gasteiger partial charge in [0.2, 0.25) is 23.6 Å². The topological polar surface area (TPSA) is 199 Å². The number of thiazole rings is 1. The Hall–Kier alpha value is -4.20. The van der Waals surface area contributed by atoms with Gasteiger partial charge in [0.15, 0.2) is 11.6 Å². The van der Waals surface area contributed by atoms with Crippen molar-refractivity contribution in [3.8, 4) is 10.4 Å². The van der Waals surface area contributed by atoms with Crippen LogP contribution in [0, 0.1) is 18.8 Å². The lowest BCUT2D eigenvalue weighted by Crippen LogP contribution is -2.53. The van der Waals surface area contributed by atoms with Crippen LogP contribution in [0.2, 0.25) is 0 Å². The zero-order valence-electron chi connectivity index (χ0n) is 41.3. The zero-order valence-corrected chi connectivity index (χ0v) is 44.5. The smallest absolute Gasteiger partial charge is 0.246 e. The molecule has 14 nitrogen and oxygen atoms in total. The predicted octanol–water partition coefficient (Wildman–Crippen LogP) is 6.83. The highest BCUT2D eigenvalue weighted by Gasteiger charge is 2.43. The number of nitrogens with one attached hydrogen (secondary N) is 2. The summed E-state index contributed by atoms with van der Waals surface area (Å²) in [6.45, 7) is 11.9. The minimum absolute atomic E-state index is 0.0413. The number of likely N-dealkylation sites (tertiary alicyclic amines) is 2. The number of aliphatic hydroxyl groups excluding tert-OH is 2. The molecule has 380 valence electrons. The second kappa shape index (κ2) is 26.5. The number of aryl methyl sites for hydroxylation is 3. The number of hydrogen-bond donors (Lipinski definition) is 4. The number of aromatic nitrogens is 1. The van der Waals surface area contributed by atoms with Crippen molar-refractivity contribution in [2.75, 3.05) is 30.3 Å². The highest BCUT2D eigenvalue weighted by molar-refractivity contribution is 8.76. The summed E-state index contributed by atoms with van der Waals surface area (Å²) in [6, 6.07) is 12.4. The van der Waals surface area contributed by atoms with E-state index in [1.165, 1.54) is 36.3 Å². The Balaban J connectivity index is 1.09. The van der Waals surface area contributed by atoms with Gasteiger partial charge in [-0.15, -0.1) is 21.8 Å². The average Bonchev–Trinajstić information content (AvgIpc) is 4.16. The molecule has 0 radical (unpaired) electrons. The van der Waals surface area contributed by atoms with E-state index in [0.29, 0.717) is 25.7 Å². The first-order valence-corrected chi connectivity index (χ1v) is 29.2. The molecule has 0 spiro atoms. The van der Waals surface area contributed by atoms with Crippen LogP contribution in [-0.4, -0.2) is 138 Å². The molecule has 18 heteroatoms. The van der Waals surface area contributed by atoms with Crippen LogP contribution in [0.15, 0.2) is 63.9 Å². The summed E-state index contributed by atoms with van der Waals surface area (Å²) in [6.07, 6.45) is 3.25. The van der Waals surface area contributed by atoms with E-state index < -0.39 is 48.2 Å². The minimum atomic E-state index is -1.04. The summed E-state index contributed by atoms with van der Waals surface area (Å²) < 4.78 is 0. The van der Waals surface area contributed by atoms with Crippen molar-refractivity contribution in [3.63, 3.8) is 0 Å². The molecule has 1 aromatic heterocycles. The summed E-state index contributed by atoms with van der Waals surface area (Å²) in [7, 11) is 2.45. The number of nitrogens with zero attached hydrogens (tertiary/aromatic N) is 4. The van der Waals surface area contributed by atoms with Gasteiger partial charge in [-0.3, -0.25) is 33.8 Å². The Kier molecular flexibility index (Phi) is 20.9. The summed E-state index contributed by atoms with van der Waals surface area (Å²) in [5.41, 5.74) is 5.79. The molecule has 6 rings (SSSR count). The number of benzene rings is 2. The SMILES string of the molecule is CC1=S(c2ccc(CCC(=O)[C@H]3C[C@H](O)CN3C(=O)[C@@H](CSSC[C@H](NC(=O)CCC(C)C)C(=O)N3C[C@H](O)C[C@H]3C(=O)CCc3ccc(-c4scnc4C)cc3)NC(=O)CCC(C)C)cc2)CC=N1. The number of carbonyl (C=O) groups is 6. The first-order valence-electron chi connectivity index (χ1n) is 24.5. The van der Waals surface area contributed by atoms with E-state index in [4.69, 9.17) is 0 Å². The molecule has 3 aliphatic heterocycles. The first kappa shape index (κ1) is 55.1. The lowest BCUT2D eigenvalue weighted by atomic mass is 10.00. The van der Waals surface area contributed by atoms with E-state index in [9.17, 15) is 39.0 Å². The molecule has 3 aromatic rings. The second-order valence-electron chi connectivity index (χ2n) is 19.4. The highest BCUT2D eigenvalue weighted by atomic mass is 33.1. The van der Waals surface area contributed by atoms with Crippen molar-refractivity contribution < 1.29 is 39.0 Å². The standard InChI is InChI=1S/C52H70N6O8S4/c1-32(2)7-21-48(63)55-42(51(65)57-27-39(59)25-44(57)46(61)19-13-36-9-15-38(16-10-36)50-34(5)54-31-67-50)29-68-69-30-43(56-49(64)22-8-33(3)4)52(66)58-28-40(60)26-45(58)47(62)20-14-37-11-17-41(18-12-37)70-24-23-53-35(70)6/h9-12,15-18,23,31-33,39-40,42-45,59-60H,7-8,13-14,19-22,24-30H2,1-6H3,(H,55,63)(H,56,64)/t39-,40+,42+,43-,44+,45-,70?/m1/s1. The molecular formula is C52H70N6O8S4. The fourth-order valence-electron chi connectivity index (χ4n) is 8.86. The third-order valence-corrected chi connectivity index (χ3v) is 18.5. The van der Waals surface area contributed by atoms with Gasteiger partial charge in [0, 0.05) is 80.0 Å². The quantitative estimate of drug-likeness (QED) is 0.0394. The Morgan fingerprint density at radius 3 is 1.60 bits per heavy atom. The molecule has 4 amide bonds. The van der Waals surface area contributed by atoms with Crippen molar-refractivity contribution in [3.05, 3.63) is 70.9 Å². The Bertz CT molecular complexity index is 2370. The van der Waals surface area contributed by atoms with Crippen LogP contribution < -0.4 is 10.6 Å². The molecule has 0 aliphatic carbocycles. The van der Waals surface area contributed by atoms with Gasteiger partial charge in [-0.25, -0.2) is 4.98 Å². The molecule has 7 atom stereocenters. The van der Waals surface area contributed by atoms with Crippen LogP contribution in [0.3, 0.4) is 0 Å². The highest BCUT2D eigenvalue weighted by Crippen LogP contribution is 2.32. The molecule has 0 saturated carbocycles. The number of aliphatic imine (C=N–C) groups is 1. The molecule has 2 saturated heterocycles. The minimum Gasteiger partial charge on any atom is -0.391 e. The third kappa shape index (κ3) is 15.6. The van der Waals surface area contributed by atoms with Gasteiger partial charge in [-0.05, 0) is 80.2 Å². The average molecular weight is 1040 g/mol. The van der Waals surface area contributed by atoms with Gasteiger partial charge in [0.05, 0.1) is 45.4 Å². The van der Waals surface area contributed by atoms with E-state index in [2.05, 4.69) is 32.7 Å². The largest absolute Gasteiger partial charge is 0.391 e. The van der Waals surface area contributed by atoms with Gasteiger partial charge in [0.1, 0.15) is 12.1 Å². The number of rotatable bonds is 25. The van der Waals surface area contributed by atoms with Crippen molar-refractivity contribution in [1.82, 2.24) is 25.4 Å². The van der Waals surface area contributed by atoms with E-state index in [1.54, 1.807) is 11.3 Å². The molecule has 4 heterocycles. The molecular weight excluding hydrogens is 965 g/mol. The van der Waals surface area contributed by atoms with Crippen molar-refractivity contribution in [2.45, 2.75) is 147 Å². The molecule has 3 aliphatic rings. The van der Waals surface area contributed by atoms with Crippen LogP contribution in [0.5, 0.6) is 0 Å². The molecule has 0 bridgehead atoms. The number of ketones is 2. The summed E-state index contributed by atoms with van der Waals surface area (Å²) in [5.74, 6) is -0.326. The first-order chi connectivity index (χ1) is 33.5. The molecule has 4 N–H and O–H groups in total. The van der Waals surface area contributed by atoms with Crippen LogP contribution >= 0.6 is 43.4 Å². The lowest BCUT2D eigenvalue weighted by molar-refractivity contribution is -0.140. The fraction of sp³-hybridized carbons (Fsp3) is 0.558. The zero-order chi connectivity index (χ0) is 50.5. The van der Waals surface area contributed by atoms with Gasteiger partial charge in [-0.2, -0.15) is 0 Å². The Morgan fingerprint density at radius 1 is 0.714 bits per heavy atom. The second-order valence-corrected chi connectivity index (χ2v) is 25.0. The van der Waals surface area contributed by atoms with Crippen molar-refractivity contribution in [2.24, 2.45) is 16.8 Å². The third-order valence-electron chi connectivity index (χ3n) is 12.9. The van der Waals surface area contributed by atoms with Gasteiger partial charge in [0.25, 0.3) is 0 Å². The maximum atomic E-state index is 14.4. The number of amides is 4. The number of hydrogen-bond acceptors (Lipinski definition) is 13. The van der Waals surface area contributed by atoms with E-state index in [-0.39, 0.29) is 109 Å². The van der Waals surface area contributed by atoms with Crippen LogP contribution in [0.1, 0.15) is 103 Å². The summed E-state index contributed by atoms with van der Waals surface area (Å²) >= 11 is 1.57. The maximum absolute atomic E-state index is 14.4. The van der Waals surface area contributed by atoms with Crippen LogP contribution in [0.4, 0.5) is 0 Å². The van der Waals surface area contributed by atoms with Gasteiger partial charge < -0.3 is 30.6 Å². The number of carbonyl (C=O) groups excluding carboxylic acids is 6. The molecule has 1 unspecified atom stereocenters. The predicted molar refractivity (Wildman–Crippen MR) is 284 cm³/mol. The van der Waals surface area contributed by atoms with Crippen LogP contribution in [-0.2, 0) is 41.6 Å². The normalized spacial score (nSPS) is 20.9.